The van der Waals surface area contributed by atoms with Crippen molar-refractivity contribution in [3.63, 3.8) is 0 Å². The lowest BCUT2D eigenvalue weighted by Crippen LogP contribution is -2.14. The second kappa shape index (κ2) is 5.00. The Hall–Kier alpha value is -0.830. The molecule has 0 amide bonds. The molecule has 3 nitrogen and oxygen atoms in total. The van der Waals surface area contributed by atoms with Crippen LogP contribution >= 0.6 is 0 Å². The number of nitrogens with zero attached hydrogens (tertiary/aromatic N) is 2. The summed E-state index contributed by atoms with van der Waals surface area (Å²) in [4.78, 5) is 0. The quantitative estimate of drug-likeness (QED) is 0.800. The molecule has 0 radical (unpaired) electrons. The Bertz CT molecular complexity index is 339. The van der Waals surface area contributed by atoms with Crippen molar-refractivity contribution >= 4 is 0 Å². The Kier molecular flexibility index (Phi) is 3.64. The molecule has 1 aromatic heterocycles. The number of nitrogens with one attached hydrogen (secondary N) is 1. The van der Waals surface area contributed by atoms with E-state index < -0.39 is 0 Å². The molecule has 1 aliphatic rings. The highest BCUT2D eigenvalue weighted by molar-refractivity contribution is 5.19. The first-order chi connectivity index (χ1) is 7.77. The number of aromatic nitrogens is 2. The molecule has 0 spiro atoms. The molecule has 2 rings (SSSR count). The summed E-state index contributed by atoms with van der Waals surface area (Å²) in [7, 11) is 2.00. The summed E-state index contributed by atoms with van der Waals surface area (Å²) in [5.74, 6) is 0.873. The molecule has 16 heavy (non-hydrogen) atoms. The third kappa shape index (κ3) is 2.29. The van der Waals surface area contributed by atoms with Crippen LogP contribution in [-0.2, 0) is 13.0 Å². The third-order valence-electron chi connectivity index (χ3n) is 3.53. The van der Waals surface area contributed by atoms with Crippen molar-refractivity contribution in [2.24, 2.45) is 5.92 Å². The Morgan fingerprint density at radius 3 is 2.88 bits per heavy atom. The van der Waals surface area contributed by atoms with Crippen molar-refractivity contribution in [3.05, 3.63) is 17.5 Å². The van der Waals surface area contributed by atoms with Gasteiger partial charge in [-0.15, -0.1) is 0 Å². The van der Waals surface area contributed by atoms with Crippen LogP contribution < -0.4 is 5.32 Å². The zero-order chi connectivity index (χ0) is 11.5. The highest BCUT2D eigenvalue weighted by Gasteiger charge is 2.31. The van der Waals surface area contributed by atoms with Crippen LogP contribution in [0.3, 0.4) is 0 Å². The molecule has 1 heterocycles. The minimum absolute atomic E-state index is 0.590. The minimum Gasteiger partial charge on any atom is -0.316 e. The topological polar surface area (TPSA) is 29.9 Å². The van der Waals surface area contributed by atoms with Gasteiger partial charge in [0.15, 0.2) is 0 Å². The maximum absolute atomic E-state index is 4.59. The lowest BCUT2D eigenvalue weighted by atomic mass is 10.1. The second-order valence-electron chi connectivity index (χ2n) is 4.92. The van der Waals surface area contributed by atoms with E-state index in [9.17, 15) is 0 Å². The molecule has 3 heteroatoms. The molecule has 1 aliphatic carbocycles. The van der Waals surface area contributed by atoms with Gasteiger partial charge in [0.1, 0.15) is 0 Å². The Labute approximate surface area is 98.2 Å². The first-order valence-electron chi connectivity index (χ1n) is 6.47. The van der Waals surface area contributed by atoms with Crippen molar-refractivity contribution in [1.82, 2.24) is 15.1 Å². The van der Waals surface area contributed by atoms with Gasteiger partial charge >= 0.3 is 0 Å². The molecule has 90 valence electrons. The normalized spacial score (nSPS) is 17.7. The number of hydrogen-bond acceptors (Lipinski definition) is 2. The zero-order valence-electron chi connectivity index (χ0n) is 10.7. The largest absolute Gasteiger partial charge is 0.316 e. The summed E-state index contributed by atoms with van der Waals surface area (Å²) in [6.07, 6.45) is 7.15. The van der Waals surface area contributed by atoms with E-state index in [4.69, 9.17) is 0 Å². The van der Waals surface area contributed by atoms with Crippen LogP contribution in [0.15, 0.2) is 6.20 Å². The Morgan fingerprint density at radius 1 is 1.56 bits per heavy atom. The zero-order valence-corrected chi connectivity index (χ0v) is 10.7. The molecule has 0 aliphatic heterocycles. The third-order valence-corrected chi connectivity index (χ3v) is 3.53. The van der Waals surface area contributed by atoms with Gasteiger partial charge in [-0.2, -0.15) is 5.10 Å². The van der Waals surface area contributed by atoms with E-state index in [-0.39, 0.29) is 0 Å². The predicted molar refractivity (Wildman–Crippen MR) is 66.4 cm³/mol. The molecule has 1 N–H and O–H groups in total. The first-order valence-corrected chi connectivity index (χ1v) is 6.47. The van der Waals surface area contributed by atoms with Crippen molar-refractivity contribution in [2.45, 2.75) is 52.1 Å². The van der Waals surface area contributed by atoms with Crippen molar-refractivity contribution in [3.8, 4) is 0 Å². The van der Waals surface area contributed by atoms with Crippen LogP contribution in [0.2, 0.25) is 0 Å². The van der Waals surface area contributed by atoms with E-state index in [1.165, 1.54) is 30.5 Å². The highest BCUT2D eigenvalue weighted by atomic mass is 15.3. The van der Waals surface area contributed by atoms with E-state index in [1.54, 1.807) is 0 Å². The molecule has 0 saturated heterocycles. The molecule has 0 bridgehead atoms. The number of hydrogen-bond donors (Lipinski definition) is 1. The summed E-state index contributed by atoms with van der Waals surface area (Å²) in [6.45, 7) is 5.49. The van der Waals surface area contributed by atoms with Gasteiger partial charge in [0.2, 0.25) is 0 Å². The number of rotatable bonds is 6. The van der Waals surface area contributed by atoms with E-state index in [2.05, 4.69) is 28.9 Å². The van der Waals surface area contributed by atoms with Gasteiger partial charge in [-0.1, -0.05) is 13.3 Å². The van der Waals surface area contributed by atoms with Gasteiger partial charge in [0.25, 0.3) is 0 Å². The van der Waals surface area contributed by atoms with E-state index in [0.29, 0.717) is 6.04 Å². The fourth-order valence-electron chi connectivity index (χ4n) is 2.40. The fourth-order valence-corrected chi connectivity index (χ4v) is 2.40. The van der Waals surface area contributed by atoms with Crippen molar-refractivity contribution in [2.75, 3.05) is 7.05 Å². The monoisotopic (exact) mass is 221 g/mol. The summed E-state index contributed by atoms with van der Waals surface area (Å²) in [5.41, 5.74) is 2.81. The smallest absolute Gasteiger partial charge is 0.0537 e. The van der Waals surface area contributed by atoms with Gasteiger partial charge in [0.05, 0.1) is 12.2 Å². The molecular weight excluding hydrogens is 198 g/mol. The lowest BCUT2D eigenvalue weighted by Gasteiger charge is -2.15. The maximum Gasteiger partial charge on any atom is 0.0537 e. The lowest BCUT2D eigenvalue weighted by molar-refractivity contribution is 0.423. The molecule has 1 saturated carbocycles. The summed E-state index contributed by atoms with van der Waals surface area (Å²) >= 11 is 0. The maximum atomic E-state index is 4.59. The molecule has 1 unspecified atom stereocenters. The van der Waals surface area contributed by atoms with Gasteiger partial charge in [-0.25, -0.2) is 0 Å². The minimum atomic E-state index is 0.590. The van der Waals surface area contributed by atoms with E-state index >= 15 is 0 Å². The highest BCUT2D eigenvalue weighted by Crippen LogP contribution is 2.39. The van der Waals surface area contributed by atoms with Gasteiger partial charge in [-0.3, -0.25) is 4.68 Å². The molecule has 1 atom stereocenters. The standard InChI is InChI=1S/C13H23N3/c1-4-5-13-12(8-14-3)9-15-16(13)10(2)11-6-7-11/h9-11,14H,4-8H2,1-3H3. The van der Waals surface area contributed by atoms with Crippen LogP contribution in [0.25, 0.3) is 0 Å². The SMILES string of the molecule is CCCc1c(CNC)cnn1C(C)C1CC1. The van der Waals surface area contributed by atoms with Crippen LogP contribution in [0, 0.1) is 5.92 Å². The molecule has 0 aromatic carbocycles. The fraction of sp³-hybridized carbons (Fsp3) is 0.769. The summed E-state index contributed by atoms with van der Waals surface area (Å²) in [5, 5.41) is 7.82. The van der Waals surface area contributed by atoms with Crippen LogP contribution in [0.4, 0.5) is 0 Å². The predicted octanol–water partition coefficient (Wildman–Crippen LogP) is 2.53. The Morgan fingerprint density at radius 2 is 2.31 bits per heavy atom. The van der Waals surface area contributed by atoms with Gasteiger partial charge < -0.3 is 5.32 Å². The van der Waals surface area contributed by atoms with Crippen LogP contribution in [-0.4, -0.2) is 16.8 Å². The molecule has 1 aromatic rings. The average Bonchev–Trinajstić information content (AvgIpc) is 3.05. The van der Waals surface area contributed by atoms with Crippen LogP contribution in [0.1, 0.15) is 50.4 Å². The van der Waals surface area contributed by atoms with Crippen LogP contribution in [0.5, 0.6) is 0 Å². The van der Waals surface area contributed by atoms with Gasteiger partial charge in [-0.05, 0) is 39.2 Å². The first kappa shape index (κ1) is 11.6. The average molecular weight is 221 g/mol. The van der Waals surface area contributed by atoms with Crippen molar-refractivity contribution in [1.29, 1.82) is 0 Å². The van der Waals surface area contributed by atoms with E-state index in [0.717, 1.165) is 18.9 Å². The summed E-state index contributed by atoms with van der Waals surface area (Å²) in [6, 6.07) is 0.590. The molecule has 1 fully saturated rings. The van der Waals surface area contributed by atoms with Gasteiger partial charge in [0, 0.05) is 17.8 Å². The van der Waals surface area contributed by atoms with E-state index in [1.807, 2.05) is 13.2 Å². The second-order valence-corrected chi connectivity index (χ2v) is 4.92. The summed E-state index contributed by atoms with van der Waals surface area (Å²) < 4.78 is 2.27. The Balaban J connectivity index is 2.21. The molecular formula is C13H23N3. The van der Waals surface area contributed by atoms with Crippen molar-refractivity contribution < 1.29 is 0 Å².